The van der Waals surface area contributed by atoms with E-state index >= 15 is 0 Å². The molecule has 0 saturated carbocycles. The van der Waals surface area contributed by atoms with Crippen LogP contribution in [-0.4, -0.2) is 77.0 Å². The molecule has 34 heavy (non-hydrogen) atoms. The second-order valence-corrected chi connectivity index (χ2v) is 10.3. The second-order valence-electron chi connectivity index (χ2n) is 9.82. The zero-order valence-corrected chi connectivity index (χ0v) is 20.6. The lowest BCUT2D eigenvalue weighted by Gasteiger charge is -2.37. The highest BCUT2D eigenvalue weighted by atomic mass is 35.5. The molecule has 4 heterocycles. The molecule has 3 aliphatic rings. The first-order valence-electron chi connectivity index (χ1n) is 12.8. The lowest BCUT2D eigenvalue weighted by molar-refractivity contribution is 0.0607. The number of likely N-dealkylation sites (tertiary alicyclic amines) is 2. The molecule has 1 aromatic heterocycles. The van der Waals surface area contributed by atoms with Crippen LogP contribution in [0.1, 0.15) is 55.3 Å². The van der Waals surface area contributed by atoms with Gasteiger partial charge in [0.15, 0.2) is 0 Å². The number of halogens is 1. The van der Waals surface area contributed by atoms with E-state index in [0.717, 1.165) is 70.3 Å². The van der Waals surface area contributed by atoms with Crippen molar-refractivity contribution in [2.45, 2.75) is 57.0 Å². The summed E-state index contributed by atoms with van der Waals surface area (Å²) in [6.45, 7) is 5.75. The van der Waals surface area contributed by atoms with Gasteiger partial charge in [-0.05, 0) is 56.4 Å². The third kappa shape index (κ3) is 5.63. The largest absolute Gasteiger partial charge is 0.356 e. The van der Waals surface area contributed by atoms with E-state index in [4.69, 9.17) is 16.6 Å². The van der Waals surface area contributed by atoms with Crippen LogP contribution in [0.2, 0.25) is 5.02 Å². The smallest absolute Gasteiger partial charge is 0.253 e. The number of nitrogens with zero attached hydrogens (tertiary/aromatic N) is 5. The Morgan fingerprint density at radius 1 is 0.971 bits per heavy atom. The van der Waals surface area contributed by atoms with Gasteiger partial charge in [-0.15, -0.1) is 0 Å². The minimum atomic E-state index is 0.0831. The zero-order valence-electron chi connectivity index (χ0n) is 19.8. The van der Waals surface area contributed by atoms with Crippen LogP contribution in [0.25, 0.3) is 0 Å². The molecular formula is C26H35ClN6O. The van der Waals surface area contributed by atoms with E-state index in [9.17, 15) is 4.79 Å². The molecule has 1 aromatic carbocycles. The summed E-state index contributed by atoms with van der Waals surface area (Å²) in [6.07, 6.45) is 10.2. The number of hydrogen-bond acceptors (Lipinski definition) is 6. The predicted octanol–water partition coefficient (Wildman–Crippen LogP) is 4.30. The molecule has 2 unspecified atom stereocenters. The molecule has 1 amide bonds. The minimum Gasteiger partial charge on any atom is -0.356 e. The summed E-state index contributed by atoms with van der Waals surface area (Å²) in [4.78, 5) is 29.3. The molecule has 3 saturated heterocycles. The number of amides is 1. The van der Waals surface area contributed by atoms with Gasteiger partial charge in [-0.2, -0.15) is 4.98 Å². The third-order valence-corrected chi connectivity index (χ3v) is 7.63. The first-order valence-corrected chi connectivity index (χ1v) is 13.2. The van der Waals surface area contributed by atoms with Crippen molar-refractivity contribution in [3.05, 3.63) is 47.1 Å². The standard InChI is InChI=1S/C26H35ClN6O/c27-21-8-5-7-20(17-21)25(34)33-15-6-9-23(19-33)32-16-11-22(18-32)29-26-28-12-10-24(30-26)31-13-3-1-2-4-14-31/h5,7-8,10,12,17,22-23H,1-4,6,9,11,13-16,18-19H2,(H,28,29,30). The Morgan fingerprint density at radius 3 is 2.65 bits per heavy atom. The average Bonchev–Trinajstić information content (AvgIpc) is 3.15. The maximum atomic E-state index is 13.0. The van der Waals surface area contributed by atoms with Gasteiger partial charge in [0.2, 0.25) is 5.95 Å². The molecule has 3 aliphatic heterocycles. The Bertz CT molecular complexity index is 979. The molecule has 0 bridgehead atoms. The first-order chi connectivity index (χ1) is 16.7. The minimum absolute atomic E-state index is 0.0831. The molecule has 1 N–H and O–H groups in total. The monoisotopic (exact) mass is 482 g/mol. The van der Waals surface area contributed by atoms with Crippen LogP contribution in [0.3, 0.4) is 0 Å². The number of piperidine rings is 1. The second kappa shape index (κ2) is 10.9. The van der Waals surface area contributed by atoms with Gasteiger partial charge in [0, 0.05) is 68.1 Å². The van der Waals surface area contributed by atoms with Gasteiger partial charge < -0.3 is 15.1 Å². The molecule has 3 fully saturated rings. The molecule has 0 spiro atoms. The number of carbonyl (C=O) groups is 1. The number of rotatable bonds is 5. The van der Waals surface area contributed by atoms with E-state index in [1.54, 1.807) is 6.07 Å². The van der Waals surface area contributed by atoms with Crippen molar-refractivity contribution >= 4 is 29.3 Å². The van der Waals surface area contributed by atoms with Crippen LogP contribution in [0.15, 0.2) is 36.5 Å². The molecule has 182 valence electrons. The molecule has 8 heteroatoms. The predicted molar refractivity (Wildman–Crippen MR) is 137 cm³/mol. The lowest BCUT2D eigenvalue weighted by atomic mass is 10.0. The van der Waals surface area contributed by atoms with Gasteiger partial charge >= 0.3 is 0 Å². The summed E-state index contributed by atoms with van der Waals surface area (Å²) in [7, 11) is 0. The van der Waals surface area contributed by atoms with Crippen LogP contribution in [0.4, 0.5) is 11.8 Å². The summed E-state index contributed by atoms with van der Waals surface area (Å²) in [5.74, 6) is 1.85. The molecule has 5 rings (SSSR count). The van der Waals surface area contributed by atoms with Gasteiger partial charge in [0.05, 0.1) is 0 Å². The highest BCUT2D eigenvalue weighted by Gasteiger charge is 2.33. The highest BCUT2D eigenvalue weighted by Crippen LogP contribution is 2.24. The molecular weight excluding hydrogens is 448 g/mol. The molecule has 0 radical (unpaired) electrons. The molecule has 2 atom stereocenters. The number of benzene rings is 1. The fourth-order valence-electron chi connectivity index (χ4n) is 5.56. The van der Waals surface area contributed by atoms with Crippen molar-refractivity contribution in [3.63, 3.8) is 0 Å². The normalized spacial score (nSPS) is 24.1. The average molecular weight is 483 g/mol. The number of nitrogens with one attached hydrogen (secondary N) is 1. The van der Waals surface area contributed by atoms with Gasteiger partial charge in [0.1, 0.15) is 5.82 Å². The number of hydrogen-bond donors (Lipinski definition) is 1. The van der Waals surface area contributed by atoms with E-state index in [2.05, 4.69) is 20.1 Å². The molecule has 7 nitrogen and oxygen atoms in total. The van der Waals surface area contributed by atoms with Gasteiger partial charge in [-0.3, -0.25) is 9.69 Å². The quantitative estimate of drug-likeness (QED) is 0.685. The summed E-state index contributed by atoms with van der Waals surface area (Å²) in [6, 6.07) is 10.0. The Kier molecular flexibility index (Phi) is 7.50. The fraction of sp³-hybridized carbons (Fsp3) is 0.577. The highest BCUT2D eigenvalue weighted by molar-refractivity contribution is 6.30. The summed E-state index contributed by atoms with van der Waals surface area (Å²) >= 11 is 6.10. The van der Waals surface area contributed by atoms with Crippen LogP contribution >= 0.6 is 11.6 Å². The van der Waals surface area contributed by atoms with Gasteiger partial charge in [0.25, 0.3) is 5.91 Å². The van der Waals surface area contributed by atoms with Crippen molar-refractivity contribution in [1.82, 2.24) is 19.8 Å². The SMILES string of the molecule is O=C(c1cccc(Cl)c1)N1CCCC(N2CCC(Nc3nccc(N4CCCCCC4)n3)C2)C1. The lowest BCUT2D eigenvalue weighted by Crippen LogP contribution is -2.49. The van der Waals surface area contributed by atoms with E-state index in [1.807, 2.05) is 35.4 Å². The summed E-state index contributed by atoms with van der Waals surface area (Å²) in [5.41, 5.74) is 0.676. The topological polar surface area (TPSA) is 64.6 Å². The van der Waals surface area contributed by atoms with E-state index in [-0.39, 0.29) is 5.91 Å². The molecule has 2 aromatic rings. The van der Waals surface area contributed by atoms with Crippen molar-refractivity contribution in [1.29, 1.82) is 0 Å². The fourth-order valence-corrected chi connectivity index (χ4v) is 5.75. The van der Waals surface area contributed by atoms with Gasteiger partial charge in [-0.25, -0.2) is 4.98 Å². The van der Waals surface area contributed by atoms with Crippen LogP contribution in [0.5, 0.6) is 0 Å². The van der Waals surface area contributed by atoms with E-state index in [0.29, 0.717) is 22.7 Å². The van der Waals surface area contributed by atoms with Crippen LogP contribution < -0.4 is 10.2 Å². The number of aromatic nitrogens is 2. The van der Waals surface area contributed by atoms with Gasteiger partial charge in [-0.1, -0.05) is 30.5 Å². The van der Waals surface area contributed by atoms with Crippen LogP contribution in [0, 0.1) is 0 Å². The zero-order chi connectivity index (χ0) is 23.3. The van der Waals surface area contributed by atoms with Crippen molar-refractivity contribution in [2.24, 2.45) is 0 Å². The Hall–Kier alpha value is -2.38. The Balaban J connectivity index is 1.17. The molecule has 0 aliphatic carbocycles. The maximum absolute atomic E-state index is 13.0. The van der Waals surface area contributed by atoms with E-state index in [1.165, 1.54) is 25.7 Å². The van der Waals surface area contributed by atoms with E-state index < -0.39 is 0 Å². The maximum Gasteiger partial charge on any atom is 0.253 e. The van der Waals surface area contributed by atoms with Crippen molar-refractivity contribution < 1.29 is 4.79 Å². The third-order valence-electron chi connectivity index (χ3n) is 7.40. The Labute approximate surface area is 207 Å². The summed E-state index contributed by atoms with van der Waals surface area (Å²) in [5, 5.41) is 4.19. The number of anilines is 2. The van der Waals surface area contributed by atoms with Crippen molar-refractivity contribution in [3.8, 4) is 0 Å². The number of carbonyl (C=O) groups excluding carboxylic acids is 1. The Morgan fingerprint density at radius 2 is 1.82 bits per heavy atom. The first kappa shape index (κ1) is 23.4. The van der Waals surface area contributed by atoms with Crippen molar-refractivity contribution in [2.75, 3.05) is 49.5 Å². The summed E-state index contributed by atoms with van der Waals surface area (Å²) < 4.78 is 0. The van der Waals surface area contributed by atoms with Crippen LogP contribution in [-0.2, 0) is 0 Å².